The molecule has 22 heavy (non-hydrogen) atoms. The quantitative estimate of drug-likeness (QED) is 0.727. The highest BCUT2D eigenvalue weighted by Gasteiger charge is 2.17. The highest BCUT2D eigenvalue weighted by molar-refractivity contribution is 6.05. The van der Waals surface area contributed by atoms with Crippen LogP contribution in [0.15, 0.2) is 36.4 Å². The van der Waals surface area contributed by atoms with E-state index in [0.29, 0.717) is 22.6 Å². The van der Waals surface area contributed by atoms with Crippen molar-refractivity contribution in [2.75, 3.05) is 7.11 Å². The minimum Gasteiger partial charge on any atom is -0.496 e. The zero-order valence-corrected chi connectivity index (χ0v) is 12.4. The van der Waals surface area contributed by atoms with Crippen LogP contribution in [0.5, 0.6) is 5.75 Å². The summed E-state index contributed by atoms with van der Waals surface area (Å²) in [4.78, 5) is 14.9. The van der Waals surface area contributed by atoms with Gasteiger partial charge in [-0.15, -0.1) is 0 Å². The first-order valence-electron chi connectivity index (χ1n) is 7.12. The molecule has 0 aliphatic carbocycles. The molecule has 0 aliphatic rings. The van der Waals surface area contributed by atoms with Gasteiger partial charge >= 0.3 is 0 Å². The lowest BCUT2D eigenvalue weighted by molar-refractivity contribution is 0.112. The molecule has 4 heteroatoms. The molecule has 0 saturated carbocycles. The van der Waals surface area contributed by atoms with Crippen LogP contribution in [0.1, 0.15) is 22.8 Å². The fourth-order valence-corrected chi connectivity index (χ4v) is 2.80. The lowest BCUT2D eigenvalue weighted by atomic mass is 10.0. The van der Waals surface area contributed by atoms with Crippen LogP contribution in [0.2, 0.25) is 0 Å². The second-order valence-corrected chi connectivity index (χ2v) is 5.07. The molecule has 3 nitrogen and oxygen atoms in total. The molecule has 112 valence electrons. The topological polar surface area (TPSA) is 42.1 Å². The van der Waals surface area contributed by atoms with Gasteiger partial charge < -0.3 is 9.72 Å². The van der Waals surface area contributed by atoms with Crippen molar-refractivity contribution in [3.05, 3.63) is 53.3 Å². The molecule has 0 bridgehead atoms. The summed E-state index contributed by atoms with van der Waals surface area (Å²) in [5.74, 6) is 0.149. The maximum Gasteiger partial charge on any atom is 0.152 e. The SMILES string of the molecule is CCc1cccc2c(C=O)c(-c3cc(F)ccc3OC)[nH]c12. The van der Waals surface area contributed by atoms with Crippen LogP contribution in [0.4, 0.5) is 4.39 Å². The number of halogens is 1. The molecular formula is C18H16FNO2. The van der Waals surface area contributed by atoms with E-state index in [1.54, 1.807) is 6.07 Å². The average Bonchev–Trinajstić information content (AvgIpc) is 2.93. The Labute approximate surface area is 127 Å². The summed E-state index contributed by atoms with van der Waals surface area (Å²) in [6.45, 7) is 2.05. The van der Waals surface area contributed by atoms with E-state index < -0.39 is 0 Å². The number of hydrogen-bond acceptors (Lipinski definition) is 2. The van der Waals surface area contributed by atoms with Gasteiger partial charge in [0.15, 0.2) is 6.29 Å². The third-order valence-corrected chi connectivity index (χ3v) is 3.89. The van der Waals surface area contributed by atoms with Gasteiger partial charge in [0.2, 0.25) is 0 Å². The van der Waals surface area contributed by atoms with Crippen LogP contribution in [-0.2, 0) is 6.42 Å². The van der Waals surface area contributed by atoms with Crippen LogP contribution < -0.4 is 4.74 Å². The van der Waals surface area contributed by atoms with Crippen LogP contribution in [-0.4, -0.2) is 18.4 Å². The Hall–Kier alpha value is -2.62. The predicted octanol–water partition coefficient (Wildman–Crippen LogP) is 4.36. The lowest BCUT2D eigenvalue weighted by Gasteiger charge is -2.07. The van der Waals surface area contributed by atoms with E-state index >= 15 is 0 Å². The largest absolute Gasteiger partial charge is 0.496 e. The number of benzene rings is 2. The van der Waals surface area contributed by atoms with E-state index in [-0.39, 0.29) is 5.82 Å². The maximum absolute atomic E-state index is 13.6. The standard InChI is InChI=1S/C18H16FNO2/c1-3-11-5-4-6-13-15(10-21)18(20-17(11)13)14-9-12(19)7-8-16(14)22-2/h4-10,20H,3H2,1-2H3. The van der Waals surface area contributed by atoms with Crippen LogP contribution in [0.25, 0.3) is 22.2 Å². The first-order chi connectivity index (χ1) is 10.7. The second kappa shape index (κ2) is 5.64. The number of H-pyrrole nitrogens is 1. The summed E-state index contributed by atoms with van der Waals surface area (Å²) in [5, 5.41) is 0.843. The first kappa shape index (κ1) is 14.3. The summed E-state index contributed by atoms with van der Waals surface area (Å²) in [5.41, 5.74) is 3.68. The average molecular weight is 297 g/mol. The molecule has 0 unspecified atom stereocenters. The van der Waals surface area contributed by atoms with Gasteiger partial charge in [0.1, 0.15) is 11.6 Å². The van der Waals surface area contributed by atoms with Crippen molar-refractivity contribution in [2.24, 2.45) is 0 Å². The molecule has 0 spiro atoms. The number of methoxy groups -OCH3 is 1. The Balaban J connectivity index is 2.36. The van der Waals surface area contributed by atoms with Crippen molar-refractivity contribution >= 4 is 17.2 Å². The van der Waals surface area contributed by atoms with Crippen molar-refractivity contribution in [1.29, 1.82) is 0 Å². The molecule has 0 radical (unpaired) electrons. The van der Waals surface area contributed by atoms with E-state index in [2.05, 4.69) is 11.9 Å². The summed E-state index contributed by atoms with van der Waals surface area (Å²) >= 11 is 0. The van der Waals surface area contributed by atoms with Gasteiger partial charge in [-0.2, -0.15) is 0 Å². The van der Waals surface area contributed by atoms with Crippen molar-refractivity contribution in [3.63, 3.8) is 0 Å². The first-order valence-corrected chi connectivity index (χ1v) is 7.12. The molecule has 0 aliphatic heterocycles. The van der Waals surface area contributed by atoms with Crippen molar-refractivity contribution in [2.45, 2.75) is 13.3 Å². The van der Waals surface area contributed by atoms with Gasteiger partial charge in [0, 0.05) is 22.0 Å². The summed E-state index contributed by atoms with van der Waals surface area (Å²) in [6.07, 6.45) is 1.65. The number of fused-ring (bicyclic) bond motifs is 1. The highest BCUT2D eigenvalue weighted by Crippen LogP contribution is 2.36. The normalized spacial score (nSPS) is 10.9. The van der Waals surface area contributed by atoms with Gasteiger partial charge in [-0.05, 0) is 30.2 Å². The molecule has 1 aromatic heterocycles. The van der Waals surface area contributed by atoms with Crippen LogP contribution >= 0.6 is 0 Å². The van der Waals surface area contributed by atoms with Gasteiger partial charge in [-0.3, -0.25) is 4.79 Å². The third-order valence-electron chi connectivity index (χ3n) is 3.89. The number of aldehydes is 1. The molecule has 0 fully saturated rings. The monoisotopic (exact) mass is 297 g/mol. The highest BCUT2D eigenvalue weighted by atomic mass is 19.1. The molecule has 2 aromatic carbocycles. The molecule has 3 aromatic rings. The van der Waals surface area contributed by atoms with Crippen LogP contribution in [0.3, 0.4) is 0 Å². The zero-order valence-electron chi connectivity index (χ0n) is 12.4. The van der Waals surface area contributed by atoms with E-state index in [0.717, 1.165) is 29.2 Å². The number of carbonyl (C=O) groups excluding carboxylic acids is 1. The van der Waals surface area contributed by atoms with E-state index in [9.17, 15) is 9.18 Å². The Morgan fingerprint density at radius 1 is 1.27 bits per heavy atom. The summed E-state index contributed by atoms with van der Waals surface area (Å²) < 4.78 is 19.0. The van der Waals surface area contributed by atoms with Crippen molar-refractivity contribution < 1.29 is 13.9 Å². The number of hydrogen-bond donors (Lipinski definition) is 1. The number of carbonyl (C=O) groups is 1. The van der Waals surface area contributed by atoms with E-state index in [1.165, 1.54) is 19.2 Å². The number of aromatic nitrogens is 1. The number of rotatable bonds is 4. The van der Waals surface area contributed by atoms with Gasteiger partial charge in [0.25, 0.3) is 0 Å². The van der Waals surface area contributed by atoms with E-state index in [1.807, 2.05) is 18.2 Å². The molecule has 0 saturated heterocycles. The molecule has 0 amide bonds. The fourth-order valence-electron chi connectivity index (χ4n) is 2.80. The fraction of sp³-hybridized carbons (Fsp3) is 0.167. The summed E-state index contributed by atoms with van der Waals surface area (Å²) in [7, 11) is 1.53. The smallest absolute Gasteiger partial charge is 0.152 e. The lowest BCUT2D eigenvalue weighted by Crippen LogP contribution is -1.92. The Kier molecular flexibility index (Phi) is 3.67. The number of nitrogens with one attached hydrogen (secondary N) is 1. The number of aryl methyl sites for hydroxylation is 1. The molecule has 3 rings (SSSR count). The van der Waals surface area contributed by atoms with Crippen molar-refractivity contribution in [3.8, 4) is 17.0 Å². The van der Waals surface area contributed by atoms with Crippen LogP contribution in [0, 0.1) is 5.82 Å². The number of para-hydroxylation sites is 1. The summed E-state index contributed by atoms with van der Waals surface area (Å²) in [6, 6.07) is 10.1. The Morgan fingerprint density at radius 3 is 2.77 bits per heavy atom. The molecule has 1 N–H and O–H groups in total. The van der Waals surface area contributed by atoms with Crippen molar-refractivity contribution in [1.82, 2.24) is 4.98 Å². The number of ether oxygens (including phenoxy) is 1. The zero-order chi connectivity index (χ0) is 15.7. The maximum atomic E-state index is 13.6. The van der Waals surface area contributed by atoms with Gasteiger partial charge in [-0.1, -0.05) is 25.1 Å². The van der Waals surface area contributed by atoms with Gasteiger partial charge in [-0.25, -0.2) is 4.39 Å². The predicted molar refractivity (Wildman–Crippen MR) is 85.0 cm³/mol. The molecular weight excluding hydrogens is 281 g/mol. The Morgan fingerprint density at radius 2 is 2.09 bits per heavy atom. The van der Waals surface area contributed by atoms with E-state index in [4.69, 9.17) is 4.74 Å². The number of aromatic amines is 1. The third kappa shape index (κ3) is 2.17. The minimum absolute atomic E-state index is 0.373. The minimum atomic E-state index is -0.373. The second-order valence-electron chi connectivity index (χ2n) is 5.07. The molecule has 1 heterocycles. The Bertz CT molecular complexity index is 852. The van der Waals surface area contributed by atoms with Gasteiger partial charge in [0.05, 0.1) is 12.8 Å². The molecule has 0 atom stereocenters.